The van der Waals surface area contributed by atoms with Crippen molar-refractivity contribution in [1.29, 1.82) is 0 Å². The SMILES string of the molecule is CC1CCC(NC(=O)C2C=CC(N)C2)C1. The van der Waals surface area contributed by atoms with Crippen molar-refractivity contribution in [3.63, 3.8) is 0 Å². The summed E-state index contributed by atoms with van der Waals surface area (Å²) in [7, 11) is 0. The third-order valence-corrected chi connectivity index (χ3v) is 3.49. The summed E-state index contributed by atoms with van der Waals surface area (Å²) in [6.07, 6.45) is 8.16. The van der Waals surface area contributed by atoms with E-state index in [1.165, 1.54) is 6.42 Å². The minimum atomic E-state index is 0.0101. The van der Waals surface area contributed by atoms with Crippen molar-refractivity contribution < 1.29 is 4.79 Å². The van der Waals surface area contributed by atoms with Crippen LogP contribution in [0.2, 0.25) is 0 Å². The zero-order valence-electron chi connectivity index (χ0n) is 9.28. The molecule has 1 amide bonds. The van der Waals surface area contributed by atoms with Crippen molar-refractivity contribution in [3.8, 4) is 0 Å². The van der Waals surface area contributed by atoms with Crippen molar-refractivity contribution in [1.82, 2.24) is 5.32 Å². The molecule has 1 saturated carbocycles. The maximum atomic E-state index is 11.8. The average molecular weight is 208 g/mol. The van der Waals surface area contributed by atoms with Gasteiger partial charge >= 0.3 is 0 Å². The Bertz CT molecular complexity index is 275. The summed E-state index contributed by atoms with van der Waals surface area (Å²) >= 11 is 0. The summed E-state index contributed by atoms with van der Waals surface area (Å²) in [5, 5.41) is 3.13. The number of rotatable bonds is 2. The highest BCUT2D eigenvalue weighted by atomic mass is 16.1. The molecule has 0 saturated heterocycles. The second-order valence-corrected chi connectivity index (χ2v) is 5.01. The number of carbonyl (C=O) groups excluding carboxylic acids is 1. The van der Waals surface area contributed by atoms with Gasteiger partial charge in [0.1, 0.15) is 0 Å². The van der Waals surface area contributed by atoms with Gasteiger partial charge in [0.2, 0.25) is 5.91 Å². The van der Waals surface area contributed by atoms with Crippen LogP contribution in [0.5, 0.6) is 0 Å². The zero-order valence-corrected chi connectivity index (χ0v) is 9.28. The lowest BCUT2D eigenvalue weighted by Gasteiger charge is -2.15. The Labute approximate surface area is 91.1 Å². The lowest BCUT2D eigenvalue weighted by Crippen LogP contribution is -2.37. The van der Waals surface area contributed by atoms with Crippen LogP contribution in [-0.4, -0.2) is 18.0 Å². The molecule has 0 aromatic rings. The highest BCUT2D eigenvalue weighted by molar-refractivity contribution is 5.81. The molecule has 3 heteroatoms. The minimum absolute atomic E-state index is 0.0101. The van der Waals surface area contributed by atoms with E-state index in [1.807, 2.05) is 12.2 Å². The molecule has 0 spiro atoms. The van der Waals surface area contributed by atoms with Crippen LogP contribution >= 0.6 is 0 Å². The number of hydrogen-bond acceptors (Lipinski definition) is 2. The van der Waals surface area contributed by atoms with Crippen LogP contribution in [0.3, 0.4) is 0 Å². The van der Waals surface area contributed by atoms with Crippen molar-refractivity contribution in [3.05, 3.63) is 12.2 Å². The predicted octanol–water partition coefficient (Wildman–Crippen LogP) is 1.19. The standard InChI is InChI=1S/C12H20N2O/c1-8-2-5-11(6-8)14-12(15)9-3-4-10(13)7-9/h3-4,8-11H,2,5-7,13H2,1H3,(H,14,15). The lowest BCUT2D eigenvalue weighted by atomic mass is 10.1. The Morgan fingerprint density at radius 2 is 2.13 bits per heavy atom. The Kier molecular flexibility index (Phi) is 3.10. The second-order valence-electron chi connectivity index (χ2n) is 5.01. The van der Waals surface area contributed by atoms with Gasteiger partial charge in [0, 0.05) is 12.1 Å². The molecule has 2 aliphatic carbocycles. The van der Waals surface area contributed by atoms with Crippen LogP contribution in [0.15, 0.2) is 12.2 Å². The summed E-state index contributed by atoms with van der Waals surface area (Å²) in [4.78, 5) is 11.8. The van der Waals surface area contributed by atoms with Crippen molar-refractivity contribution >= 4 is 5.91 Å². The van der Waals surface area contributed by atoms with Gasteiger partial charge in [-0.1, -0.05) is 19.1 Å². The molecule has 4 unspecified atom stereocenters. The quantitative estimate of drug-likeness (QED) is 0.670. The van der Waals surface area contributed by atoms with Gasteiger partial charge in [-0.15, -0.1) is 0 Å². The van der Waals surface area contributed by atoms with E-state index in [1.54, 1.807) is 0 Å². The fraction of sp³-hybridized carbons (Fsp3) is 0.750. The van der Waals surface area contributed by atoms with Gasteiger partial charge < -0.3 is 11.1 Å². The van der Waals surface area contributed by atoms with E-state index in [-0.39, 0.29) is 17.9 Å². The first-order valence-electron chi connectivity index (χ1n) is 5.89. The number of carbonyl (C=O) groups is 1. The second kappa shape index (κ2) is 4.35. The minimum Gasteiger partial charge on any atom is -0.353 e. The first kappa shape index (κ1) is 10.7. The third kappa shape index (κ3) is 2.59. The van der Waals surface area contributed by atoms with Gasteiger partial charge in [-0.3, -0.25) is 4.79 Å². The molecule has 0 bridgehead atoms. The highest BCUT2D eigenvalue weighted by Gasteiger charge is 2.27. The smallest absolute Gasteiger partial charge is 0.227 e. The summed E-state index contributed by atoms with van der Waals surface area (Å²) < 4.78 is 0. The molecule has 0 aromatic heterocycles. The summed E-state index contributed by atoms with van der Waals surface area (Å²) in [6, 6.07) is 0.473. The normalized spacial score (nSPS) is 39.6. The Morgan fingerprint density at radius 3 is 2.67 bits per heavy atom. The van der Waals surface area contributed by atoms with Crippen LogP contribution in [0.4, 0.5) is 0 Å². The molecule has 2 rings (SSSR count). The van der Waals surface area contributed by atoms with Gasteiger partial charge in [-0.05, 0) is 31.6 Å². The van der Waals surface area contributed by atoms with E-state index in [0.717, 1.165) is 25.2 Å². The molecule has 1 fully saturated rings. The van der Waals surface area contributed by atoms with E-state index in [2.05, 4.69) is 12.2 Å². The molecular weight excluding hydrogens is 188 g/mol. The summed E-state index contributed by atoms with van der Waals surface area (Å²) in [5.41, 5.74) is 5.73. The van der Waals surface area contributed by atoms with E-state index in [0.29, 0.717) is 6.04 Å². The zero-order chi connectivity index (χ0) is 10.8. The van der Waals surface area contributed by atoms with Gasteiger partial charge in [0.15, 0.2) is 0 Å². The number of hydrogen-bond donors (Lipinski definition) is 2. The molecule has 2 aliphatic rings. The number of nitrogens with one attached hydrogen (secondary N) is 1. The Morgan fingerprint density at radius 1 is 1.33 bits per heavy atom. The Hall–Kier alpha value is -0.830. The fourth-order valence-corrected chi connectivity index (χ4v) is 2.57. The third-order valence-electron chi connectivity index (χ3n) is 3.49. The first-order chi connectivity index (χ1) is 7.15. The van der Waals surface area contributed by atoms with E-state index in [9.17, 15) is 4.79 Å². The van der Waals surface area contributed by atoms with Crippen LogP contribution < -0.4 is 11.1 Å². The van der Waals surface area contributed by atoms with E-state index < -0.39 is 0 Å². The van der Waals surface area contributed by atoms with E-state index in [4.69, 9.17) is 5.73 Å². The van der Waals surface area contributed by atoms with Gasteiger partial charge in [-0.25, -0.2) is 0 Å². The molecule has 3 nitrogen and oxygen atoms in total. The summed E-state index contributed by atoms with van der Waals surface area (Å²) in [5.74, 6) is 0.936. The average Bonchev–Trinajstić information content (AvgIpc) is 2.75. The molecule has 15 heavy (non-hydrogen) atoms. The van der Waals surface area contributed by atoms with Crippen LogP contribution in [0.1, 0.15) is 32.6 Å². The molecule has 84 valence electrons. The van der Waals surface area contributed by atoms with E-state index >= 15 is 0 Å². The first-order valence-corrected chi connectivity index (χ1v) is 5.89. The van der Waals surface area contributed by atoms with Crippen molar-refractivity contribution in [2.24, 2.45) is 17.6 Å². The fourth-order valence-electron chi connectivity index (χ4n) is 2.57. The van der Waals surface area contributed by atoms with Gasteiger partial charge in [-0.2, -0.15) is 0 Å². The van der Waals surface area contributed by atoms with Crippen molar-refractivity contribution in [2.45, 2.75) is 44.7 Å². The molecule has 0 heterocycles. The molecule has 0 aromatic carbocycles. The monoisotopic (exact) mass is 208 g/mol. The molecule has 3 N–H and O–H groups in total. The molecule has 0 aliphatic heterocycles. The predicted molar refractivity (Wildman–Crippen MR) is 60.2 cm³/mol. The lowest BCUT2D eigenvalue weighted by molar-refractivity contribution is -0.124. The Balaban J connectivity index is 1.80. The van der Waals surface area contributed by atoms with Gasteiger partial charge in [0.05, 0.1) is 5.92 Å². The number of nitrogens with two attached hydrogens (primary N) is 1. The van der Waals surface area contributed by atoms with Crippen LogP contribution in [0, 0.1) is 11.8 Å². The molecule has 4 atom stereocenters. The maximum Gasteiger partial charge on any atom is 0.227 e. The van der Waals surface area contributed by atoms with Gasteiger partial charge in [0.25, 0.3) is 0 Å². The highest BCUT2D eigenvalue weighted by Crippen LogP contribution is 2.25. The van der Waals surface area contributed by atoms with Crippen molar-refractivity contribution in [2.75, 3.05) is 0 Å². The largest absolute Gasteiger partial charge is 0.353 e. The maximum absolute atomic E-state index is 11.8. The van der Waals surface area contributed by atoms with Crippen LogP contribution in [0.25, 0.3) is 0 Å². The topological polar surface area (TPSA) is 55.1 Å². The number of amides is 1. The van der Waals surface area contributed by atoms with Crippen LogP contribution in [-0.2, 0) is 4.79 Å². The molecular formula is C12H20N2O. The molecule has 0 radical (unpaired) electrons. The summed E-state index contributed by atoms with van der Waals surface area (Å²) in [6.45, 7) is 2.25.